The minimum Gasteiger partial charge on any atom is -0.396 e. The SMILES string of the molecule is CCC1CCCCCN1C(=O)NC(C)CCCO. The number of amides is 2. The minimum atomic E-state index is 0.0780. The molecule has 0 radical (unpaired) electrons. The molecular formula is C14H28N2O2. The molecule has 1 aliphatic heterocycles. The van der Waals surface area contributed by atoms with Crippen molar-refractivity contribution < 1.29 is 9.90 Å². The lowest BCUT2D eigenvalue weighted by molar-refractivity contribution is 0.169. The van der Waals surface area contributed by atoms with E-state index < -0.39 is 0 Å². The van der Waals surface area contributed by atoms with Gasteiger partial charge in [-0.25, -0.2) is 4.79 Å². The normalized spacial score (nSPS) is 22.4. The van der Waals surface area contributed by atoms with Crippen LogP contribution >= 0.6 is 0 Å². The second-order valence-electron chi connectivity index (χ2n) is 5.32. The molecule has 2 N–H and O–H groups in total. The molecule has 1 fully saturated rings. The van der Waals surface area contributed by atoms with Crippen molar-refractivity contribution in [2.45, 2.75) is 70.9 Å². The fraction of sp³-hybridized carbons (Fsp3) is 0.929. The fourth-order valence-corrected chi connectivity index (χ4v) is 2.63. The number of rotatable bonds is 5. The van der Waals surface area contributed by atoms with Gasteiger partial charge in [0.15, 0.2) is 0 Å². The molecule has 4 heteroatoms. The van der Waals surface area contributed by atoms with Crippen molar-refractivity contribution in [1.82, 2.24) is 10.2 Å². The van der Waals surface area contributed by atoms with Gasteiger partial charge in [-0.05, 0) is 39.0 Å². The number of hydrogen-bond acceptors (Lipinski definition) is 2. The highest BCUT2D eigenvalue weighted by Gasteiger charge is 2.24. The molecule has 0 bridgehead atoms. The van der Waals surface area contributed by atoms with E-state index in [-0.39, 0.29) is 18.7 Å². The second-order valence-corrected chi connectivity index (χ2v) is 5.32. The molecule has 1 aliphatic rings. The van der Waals surface area contributed by atoms with E-state index in [1.807, 2.05) is 11.8 Å². The topological polar surface area (TPSA) is 52.6 Å². The highest BCUT2D eigenvalue weighted by atomic mass is 16.3. The van der Waals surface area contributed by atoms with Crippen LogP contribution in [0.3, 0.4) is 0 Å². The van der Waals surface area contributed by atoms with Gasteiger partial charge in [0, 0.05) is 25.2 Å². The standard InChI is InChI=1S/C14H28N2O2/c1-3-13-9-5-4-6-10-16(13)14(18)15-12(2)8-7-11-17/h12-13,17H,3-11H2,1-2H3,(H,15,18). The number of hydrogen-bond donors (Lipinski definition) is 2. The van der Waals surface area contributed by atoms with Crippen LogP contribution in [0.15, 0.2) is 0 Å². The van der Waals surface area contributed by atoms with Crippen molar-refractivity contribution in [3.8, 4) is 0 Å². The van der Waals surface area contributed by atoms with Crippen LogP contribution in [0.4, 0.5) is 4.79 Å². The Bertz CT molecular complexity index is 246. The number of aliphatic hydroxyl groups is 1. The van der Waals surface area contributed by atoms with Gasteiger partial charge in [0.25, 0.3) is 0 Å². The quantitative estimate of drug-likeness (QED) is 0.794. The molecule has 0 spiro atoms. The third-order valence-corrected chi connectivity index (χ3v) is 3.77. The Morgan fingerprint density at radius 1 is 1.44 bits per heavy atom. The van der Waals surface area contributed by atoms with Crippen LogP contribution in [-0.4, -0.2) is 41.3 Å². The van der Waals surface area contributed by atoms with E-state index in [4.69, 9.17) is 5.11 Å². The number of likely N-dealkylation sites (tertiary alicyclic amines) is 1. The number of aliphatic hydroxyl groups excluding tert-OH is 1. The molecule has 18 heavy (non-hydrogen) atoms. The molecule has 2 unspecified atom stereocenters. The highest BCUT2D eigenvalue weighted by Crippen LogP contribution is 2.19. The molecule has 0 aromatic rings. The third kappa shape index (κ3) is 4.84. The fourth-order valence-electron chi connectivity index (χ4n) is 2.63. The smallest absolute Gasteiger partial charge is 0.317 e. The molecule has 1 rings (SSSR count). The van der Waals surface area contributed by atoms with Crippen LogP contribution in [0.1, 0.15) is 58.8 Å². The first kappa shape index (κ1) is 15.3. The number of carbonyl (C=O) groups is 1. The Labute approximate surface area is 111 Å². The third-order valence-electron chi connectivity index (χ3n) is 3.77. The van der Waals surface area contributed by atoms with Crippen molar-refractivity contribution >= 4 is 6.03 Å². The van der Waals surface area contributed by atoms with E-state index >= 15 is 0 Å². The zero-order valence-corrected chi connectivity index (χ0v) is 11.8. The van der Waals surface area contributed by atoms with E-state index in [1.54, 1.807) is 0 Å². The van der Waals surface area contributed by atoms with Gasteiger partial charge >= 0.3 is 6.03 Å². The predicted molar refractivity (Wildman–Crippen MR) is 73.6 cm³/mol. The van der Waals surface area contributed by atoms with Crippen molar-refractivity contribution in [2.24, 2.45) is 0 Å². The van der Waals surface area contributed by atoms with Crippen molar-refractivity contribution in [3.63, 3.8) is 0 Å². The largest absolute Gasteiger partial charge is 0.396 e. The molecular weight excluding hydrogens is 228 g/mol. The first-order valence-corrected chi connectivity index (χ1v) is 7.37. The van der Waals surface area contributed by atoms with Crippen LogP contribution in [-0.2, 0) is 0 Å². The molecule has 4 nitrogen and oxygen atoms in total. The first-order chi connectivity index (χ1) is 8.69. The van der Waals surface area contributed by atoms with E-state index in [0.29, 0.717) is 6.04 Å². The molecule has 106 valence electrons. The molecule has 1 heterocycles. The summed E-state index contributed by atoms with van der Waals surface area (Å²) in [6.45, 7) is 5.25. The molecule has 0 aromatic carbocycles. The van der Waals surface area contributed by atoms with E-state index in [1.165, 1.54) is 12.8 Å². The van der Waals surface area contributed by atoms with Gasteiger partial charge < -0.3 is 15.3 Å². The lowest BCUT2D eigenvalue weighted by atomic mass is 10.1. The Balaban J connectivity index is 2.46. The van der Waals surface area contributed by atoms with Crippen molar-refractivity contribution in [1.29, 1.82) is 0 Å². The van der Waals surface area contributed by atoms with E-state index in [9.17, 15) is 4.79 Å². The highest BCUT2D eigenvalue weighted by molar-refractivity contribution is 5.74. The average Bonchev–Trinajstić information content (AvgIpc) is 2.61. The number of nitrogens with one attached hydrogen (secondary N) is 1. The lowest BCUT2D eigenvalue weighted by Crippen LogP contribution is -2.48. The van der Waals surface area contributed by atoms with E-state index in [2.05, 4.69) is 12.2 Å². The molecule has 2 atom stereocenters. The zero-order valence-electron chi connectivity index (χ0n) is 11.8. The van der Waals surface area contributed by atoms with Gasteiger partial charge in [-0.2, -0.15) is 0 Å². The van der Waals surface area contributed by atoms with Gasteiger partial charge in [-0.1, -0.05) is 19.8 Å². The second kappa shape index (κ2) is 8.35. The average molecular weight is 256 g/mol. The van der Waals surface area contributed by atoms with Gasteiger partial charge in [0.2, 0.25) is 0 Å². The van der Waals surface area contributed by atoms with Gasteiger partial charge in [-0.3, -0.25) is 0 Å². The van der Waals surface area contributed by atoms with Crippen LogP contribution in [0, 0.1) is 0 Å². The summed E-state index contributed by atoms with van der Waals surface area (Å²) in [5.74, 6) is 0. The maximum Gasteiger partial charge on any atom is 0.317 e. The maximum atomic E-state index is 12.2. The van der Waals surface area contributed by atoms with Crippen LogP contribution in [0.2, 0.25) is 0 Å². The number of carbonyl (C=O) groups excluding carboxylic acids is 1. The maximum absolute atomic E-state index is 12.2. The van der Waals surface area contributed by atoms with Crippen molar-refractivity contribution in [2.75, 3.05) is 13.2 Å². The summed E-state index contributed by atoms with van der Waals surface area (Å²) in [5, 5.41) is 11.8. The Morgan fingerprint density at radius 3 is 2.89 bits per heavy atom. The summed E-state index contributed by atoms with van der Waals surface area (Å²) in [6, 6.07) is 0.622. The van der Waals surface area contributed by atoms with Gasteiger partial charge in [0.05, 0.1) is 0 Å². The van der Waals surface area contributed by atoms with Gasteiger partial charge in [-0.15, -0.1) is 0 Å². The Morgan fingerprint density at radius 2 is 2.22 bits per heavy atom. The molecule has 1 saturated heterocycles. The van der Waals surface area contributed by atoms with Crippen LogP contribution < -0.4 is 5.32 Å². The zero-order chi connectivity index (χ0) is 13.4. The van der Waals surface area contributed by atoms with Crippen LogP contribution in [0.5, 0.6) is 0 Å². The lowest BCUT2D eigenvalue weighted by Gasteiger charge is -2.30. The number of nitrogens with zero attached hydrogens (tertiary/aromatic N) is 1. The molecule has 0 saturated carbocycles. The minimum absolute atomic E-state index is 0.0780. The summed E-state index contributed by atoms with van der Waals surface area (Å²) < 4.78 is 0. The van der Waals surface area contributed by atoms with Crippen LogP contribution in [0.25, 0.3) is 0 Å². The van der Waals surface area contributed by atoms with E-state index in [0.717, 1.165) is 38.6 Å². The summed E-state index contributed by atoms with van der Waals surface area (Å²) in [6.07, 6.45) is 7.36. The molecule has 0 aliphatic carbocycles. The van der Waals surface area contributed by atoms with Gasteiger partial charge in [0.1, 0.15) is 0 Å². The first-order valence-electron chi connectivity index (χ1n) is 7.37. The predicted octanol–water partition coefficient (Wildman–Crippen LogP) is 2.51. The molecule has 2 amide bonds. The number of urea groups is 1. The Hall–Kier alpha value is -0.770. The summed E-state index contributed by atoms with van der Waals surface area (Å²) in [7, 11) is 0. The summed E-state index contributed by atoms with van der Waals surface area (Å²) >= 11 is 0. The summed E-state index contributed by atoms with van der Waals surface area (Å²) in [5.41, 5.74) is 0. The monoisotopic (exact) mass is 256 g/mol. The summed E-state index contributed by atoms with van der Waals surface area (Å²) in [4.78, 5) is 14.3. The molecule has 0 aromatic heterocycles. The Kier molecular flexibility index (Phi) is 7.09. The van der Waals surface area contributed by atoms with Crippen molar-refractivity contribution in [3.05, 3.63) is 0 Å².